The van der Waals surface area contributed by atoms with E-state index in [0.29, 0.717) is 22.6 Å². The van der Waals surface area contributed by atoms with Crippen LogP contribution < -0.4 is 11.1 Å². The van der Waals surface area contributed by atoms with Crippen LogP contribution in [0.3, 0.4) is 0 Å². The molecule has 2 aromatic heterocycles. The first-order valence-corrected chi connectivity index (χ1v) is 8.12. The number of rotatable bonds is 7. The van der Waals surface area contributed by atoms with Gasteiger partial charge in [0.2, 0.25) is 0 Å². The first-order chi connectivity index (χ1) is 10.2. The molecule has 21 heavy (non-hydrogen) atoms. The van der Waals surface area contributed by atoms with E-state index in [2.05, 4.69) is 29.0 Å². The van der Waals surface area contributed by atoms with Gasteiger partial charge in [-0.15, -0.1) is 11.3 Å². The monoisotopic (exact) mass is 306 g/mol. The molecule has 0 bridgehead atoms. The van der Waals surface area contributed by atoms with Gasteiger partial charge in [0.05, 0.1) is 10.4 Å². The van der Waals surface area contributed by atoms with Gasteiger partial charge in [-0.3, -0.25) is 9.78 Å². The highest BCUT2D eigenvalue weighted by Gasteiger charge is 2.16. The molecule has 0 saturated carbocycles. The van der Waals surface area contributed by atoms with Crippen LogP contribution in [0.15, 0.2) is 18.3 Å². The Hall–Kier alpha value is -1.66. The summed E-state index contributed by atoms with van der Waals surface area (Å²) >= 11 is 1.39. The first-order valence-electron chi connectivity index (χ1n) is 7.30. The molecule has 2 heterocycles. The Labute approximate surface area is 129 Å². The number of aromatic nitrogens is 1. The number of nitrogen functional groups attached to an aromatic ring is 1. The van der Waals surface area contributed by atoms with Gasteiger partial charge in [0.25, 0.3) is 5.91 Å². The summed E-state index contributed by atoms with van der Waals surface area (Å²) in [5.41, 5.74) is 7.22. The number of carbonyl (C=O) groups is 1. The molecule has 0 unspecified atom stereocenters. The van der Waals surface area contributed by atoms with E-state index in [9.17, 15) is 4.79 Å². The van der Waals surface area contributed by atoms with Crippen LogP contribution in [-0.4, -0.2) is 42.0 Å². The van der Waals surface area contributed by atoms with E-state index < -0.39 is 0 Å². The molecule has 0 aliphatic carbocycles. The molecule has 0 aromatic carbocycles. The largest absolute Gasteiger partial charge is 0.396 e. The lowest BCUT2D eigenvalue weighted by Crippen LogP contribution is -2.35. The fourth-order valence-electron chi connectivity index (χ4n) is 2.27. The van der Waals surface area contributed by atoms with Crippen LogP contribution in [0, 0.1) is 0 Å². The summed E-state index contributed by atoms with van der Waals surface area (Å²) in [7, 11) is 0. The van der Waals surface area contributed by atoms with Crippen LogP contribution in [0.2, 0.25) is 0 Å². The zero-order chi connectivity index (χ0) is 15.2. The molecule has 2 aromatic rings. The third-order valence-electron chi connectivity index (χ3n) is 3.39. The topological polar surface area (TPSA) is 71.2 Å². The smallest absolute Gasteiger partial charge is 0.263 e. The van der Waals surface area contributed by atoms with Gasteiger partial charge in [-0.25, -0.2) is 0 Å². The van der Waals surface area contributed by atoms with Gasteiger partial charge in [-0.05, 0) is 31.6 Å². The van der Waals surface area contributed by atoms with Crippen molar-refractivity contribution in [1.82, 2.24) is 15.2 Å². The number of amides is 1. The van der Waals surface area contributed by atoms with Crippen molar-refractivity contribution in [3.8, 4) is 0 Å². The van der Waals surface area contributed by atoms with Crippen LogP contribution in [0.5, 0.6) is 0 Å². The number of carbonyl (C=O) groups excluding carboxylic acids is 1. The molecule has 0 spiro atoms. The summed E-state index contributed by atoms with van der Waals surface area (Å²) in [6.07, 6.45) is 2.81. The van der Waals surface area contributed by atoms with Gasteiger partial charge in [0.1, 0.15) is 10.4 Å². The summed E-state index contributed by atoms with van der Waals surface area (Å²) < 4.78 is 0.946. The Morgan fingerprint density at radius 3 is 2.90 bits per heavy atom. The number of nitrogens with one attached hydrogen (secondary N) is 1. The van der Waals surface area contributed by atoms with Crippen LogP contribution in [-0.2, 0) is 0 Å². The van der Waals surface area contributed by atoms with Gasteiger partial charge in [-0.1, -0.05) is 13.8 Å². The molecule has 3 N–H and O–H groups in total. The molecule has 114 valence electrons. The third-order valence-corrected chi connectivity index (χ3v) is 4.55. The molecule has 0 fully saturated rings. The van der Waals surface area contributed by atoms with Crippen molar-refractivity contribution in [2.45, 2.75) is 20.3 Å². The fourth-order valence-corrected chi connectivity index (χ4v) is 3.27. The number of nitrogens with zero attached hydrogens (tertiary/aromatic N) is 2. The van der Waals surface area contributed by atoms with Crippen molar-refractivity contribution in [1.29, 1.82) is 0 Å². The summed E-state index contributed by atoms with van der Waals surface area (Å²) in [5, 5.41) is 2.95. The Morgan fingerprint density at radius 1 is 1.43 bits per heavy atom. The average molecular weight is 306 g/mol. The molecule has 1 amide bonds. The van der Waals surface area contributed by atoms with Gasteiger partial charge in [0.15, 0.2) is 0 Å². The predicted molar refractivity (Wildman–Crippen MR) is 88.8 cm³/mol. The highest BCUT2D eigenvalue weighted by atomic mass is 32.1. The van der Waals surface area contributed by atoms with Gasteiger partial charge < -0.3 is 16.0 Å². The quantitative estimate of drug-likeness (QED) is 0.823. The minimum absolute atomic E-state index is 0.108. The number of pyridine rings is 1. The molecule has 0 aliphatic rings. The normalized spacial score (nSPS) is 11.2. The van der Waals surface area contributed by atoms with E-state index in [1.807, 2.05) is 12.1 Å². The van der Waals surface area contributed by atoms with E-state index in [0.717, 1.165) is 30.8 Å². The third kappa shape index (κ3) is 3.71. The zero-order valence-electron chi connectivity index (χ0n) is 12.6. The van der Waals surface area contributed by atoms with Crippen molar-refractivity contribution in [3.05, 3.63) is 23.2 Å². The second-order valence-corrected chi connectivity index (χ2v) is 5.94. The summed E-state index contributed by atoms with van der Waals surface area (Å²) in [4.78, 5) is 19.3. The van der Waals surface area contributed by atoms with Crippen molar-refractivity contribution >= 4 is 33.1 Å². The standard InChI is InChI=1S/C15H22N4OS/c1-3-9-19(4-2)10-8-18-15(20)14-12(16)13-11(21-14)6-5-7-17-13/h5-7H,3-4,8-10,16H2,1-2H3,(H,18,20). The second kappa shape index (κ2) is 7.38. The number of anilines is 1. The van der Waals surface area contributed by atoms with Crippen molar-refractivity contribution in [2.24, 2.45) is 0 Å². The Balaban J connectivity index is 1.97. The van der Waals surface area contributed by atoms with Crippen LogP contribution >= 0.6 is 11.3 Å². The average Bonchev–Trinajstić information content (AvgIpc) is 2.84. The van der Waals surface area contributed by atoms with Crippen molar-refractivity contribution in [3.63, 3.8) is 0 Å². The maximum atomic E-state index is 12.2. The summed E-state index contributed by atoms with van der Waals surface area (Å²) in [6, 6.07) is 3.78. The minimum atomic E-state index is -0.108. The van der Waals surface area contributed by atoms with Crippen molar-refractivity contribution < 1.29 is 4.79 Å². The number of likely N-dealkylation sites (N-methyl/N-ethyl adjacent to an activating group) is 1. The second-order valence-electron chi connectivity index (χ2n) is 4.89. The highest BCUT2D eigenvalue weighted by molar-refractivity contribution is 7.21. The van der Waals surface area contributed by atoms with Gasteiger partial charge in [-0.2, -0.15) is 0 Å². The van der Waals surface area contributed by atoms with Crippen LogP contribution in [0.25, 0.3) is 10.2 Å². The Bertz CT molecular complexity index is 611. The molecule has 0 saturated heterocycles. The molecule has 0 atom stereocenters. The number of hydrogen-bond donors (Lipinski definition) is 2. The Kier molecular flexibility index (Phi) is 5.52. The maximum Gasteiger partial charge on any atom is 0.263 e. The lowest BCUT2D eigenvalue weighted by atomic mass is 10.3. The van der Waals surface area contributed by atoms with E-state index >= 15 is 0 Å². The SMILES string of the molecule is CCCN(CC)CCNC(=O)c1sc2cccnc2c1N. The first kappa shape index (κ1) is 15.7. The molecular formula is C15H22N4OS. The van der Waals surface area contributed by atoms with E-state index in [-0.39, 0.29) is 5.91 Å². The van der Waals surface area contributed by atoms with Gasteiger partial charge in [0, 0.05) is 19.3 Å². The zero-order valence-corrected chi connectivity index (χ0v) is 13.4. The number of fused-ring (bicyclic) bond motifs is 1. The van der Waals surface area contributed by atoms with Crippen molar-refractivity contribution in [2.75, 3.05) is 31.9 Å². The summed E-state index contributed by atoms with van der Waals surface area (Å²) in [5.74, 6) is -0.108. The molecular weight excluding hydrogens is 284 g/mol. The fraction of sp³-hybridized carbons (Fsp3) is 0.467. The number of nitrogens with two attached hydrogens (primary N) is 1. The van der Waals surface area contributed by atoms with Crippen LogP contribution in [0.1, 0.15) is 29.9 Å². The minimum Gasteiger partial charge on any atom is -0.396 e. The maximum absolute atomic E-state index is 12.2. The molecule has 5 nitrogen and oxygen atoms in total. The van der Waals surface area contributed by atoms with E-state index in [4.69, 9.17) is 5.73 Å². The van der Waals surface area contributed by atoms with Gasteiger partial charge >= 0.3 is 0 Å². The number of hydrogen-bond acceptors (Lipinski definition) is 5. The molecule has 0 aliphatic heterocycles. The predicted octanol–water partition coefficient (Wildman–Crippen LogP) is 2.34. The highest BCUT2D eigenvalue weighted by Crippen LogP contribution is 2.31. The Morgan fingerprint density at radius 2 is 2.24 bits per heavy atom. The lowest BCUT2D eigenvalue weighted by Gasteiger charge is -2.19. The van der Waals surface area contributed by atoms with Crippen LogP contribution in [0.4, 0.5) is 5.69 Å². The molecule has 2 rings (SSSR count). The molecule has 0 radical (unpaired) electrons. The number of thiophene rings is 1. The van der Waals surface area contributed by atoms with E-state index in [1.54, 1.807) is 6.20 Å². The van der Waals surface area contributed by atoms with E-state index in [1.165, 1.54) is 11.3 Å². The molecule has 6 heteroatoms. The lowest BCUT2D eigenvalue weighted by molar-refractivity contribution is 0.0953. The summed E-state index contributed by atoms with van der Waals surface area (Å²) in [6.45, 7) is 7.84.